The average molecular weight is 165 g/mol. The van der Waals surface area contributed by atoms with Gasteiger partial charge in [0.25, 0.3) is 0 Å². The van der Waals surface area contributed by atoms with E-state index in [-0.39, 0.29) is 18.0 Å². The highest BCUT2D eigenvalue weighted by Crippen LogP contribution is 2.18. The first kappa shape index (κ1) is 7.36. The van der Waals surface area contributed by atoms with Crippen LogP contribution in [0.3, 0.4) is 0 Å². The van der Waals surface area contributed by atoms with Gasteiger partial charge in [-0.15, -0.1) is 0 Å². The van der Waals surface area contributed by atoms with Crippen LogP contribution in [0.25, 0.3) is 0 Å². The molecule has 0 bridgehead atoms. The normalized spacial score (nSPS) is 32.2. The highest BCUT2D eigenvalue weighted by atomic mass is 16.1. The monoisotopic (exact) mass is 165 g/mol. The Morgan fingerprint density at radius 1 is 1.58 bits per heavy atom. The smallest absolute Gasteiger partial charge is 0.236 e. The number of hydrazine groups is 1. The average Bonchev–Trinajstić information content (AvgIpc) is 2.46. The number of primary amides is 1. The maximum atomic E-state index is 10.8. The van der Waals surface area contributed by atoms with Gasteiger partial charge in [-0.05, 0) is 12.5 Å². The minimum Gasteiger partial charge on any atom is -0.368 e. The van der Waals surface area contributed by atoms with Gasteiger partial charge in [-0.25, -0.2) is 5.43 Å². The Labute approximate surface area is 70.7 Å². The predicted molar refractivity (Wildman–Crippen MR) is 44.6 cm³/mol. The Balaban J connectivity index is 2.10. The van der Waals surface area contributed by atoms with Gasteiger partial charge in [0, 0.05) is 6.20 Å². The maximum absolute atomic E-state index is 10.8. The summed E-state index contributed by atoms with van der Waals surface area (Å²) in [4.78, 5) is 10.8. The van der Waals surface area contributed by atoms with Crippen LogP contribution >= 0.6 is 0 Å². The van der Waals surface area contributed by atoms with E-state index in [1.54, 1.807) is 0 Å². The van der Waals surface area contributed by atoms with Crippen LogP contribution in [0, 0.1) is 0 Å². The molecule has 2 heterocycles. The van der Waals surface area contributed by atoms with E-state index in [4.69, 9.17) is 5.73 Å². The molecule has 0 saturated carbocycles. The highest BCUT2D eigenvalue weighted by Gasteiger charge is 2.31. The first-order chi connectivity index (χ1) is 5.77. The zero-order valence-corrected chi connectivity index (χ0v) is 6.60. The molecule has 4 nitrogen and oxygen atoms in total. The molecular formula is C8H11N3O. The van der Waals surface area contributed by atoms with E-state index >= 15 is 0 Å². The highest BCUT2D eigenvalue weighted by molar-refractivity contribution is 5.80. The summed E-state index contributed by atoms with van der Waals surface area (Å²) in [5, 5.41) is 1.91. The number of fused-ring (bicyclic) bond motifs is 1. The molecular weight excluding hydrogens is 154 g/mol. The molecule has 0 radical (unpaired) electrons. The molecule has 1 amide bonds. The van der Waals surface area contributed by atoms with Gasteiger partial charge in [-0.1, -0.05) is 12.2 Å². The van der Waals surface area contributed by atoms with Crippen molar-refractivity contribution in [3.05, 3.63) is 24.4 Å². The second-order valence-electron chi connectivity index (χ2n) is 3.02. The van der Waals surface area contributed by atoms with Gasteiger partial charge in [0.05, 0.1) is 6.04 Å². The van der Waals surface area contributed by atoms with Gasteiger partial charge in [0.15, 0.2) is 0 Å². The summed E-state index contributed by atoms with van der Waals surface area (Å²) < 4.78 is 0. The number of hydrogen-bond acceptors (Lipinski definition) is 3. The topological polar surface area (TPSA) is 58.4 Å². The number of nitrogens with zero attached hydrogens (tertiary/aromatic N) is 1. The van der Waals surface area contributed by atoms with Crippen molar-refractivity contribution in [2.24, 2.45) is 5.73 Å². The number of allylic oxidation sites excluding steroid dienone is 2. The Morgan fingerprint density at radius 3 is 3.08 bits per heavy atom. The molecule has 2 atom stereocenters. The number of hydrogen-bond donors (Lipinski definition) is 2. The van der Waals surface area contributed by atoms with Crippen molar-refractivity contribution in [3.63, 3.8) is 0 Å². The molecule has 1 saturated heterocycles. The molecule has 2 unspecified atom stereocenters. The van der Waals surface area contributed by atoms with Crippen LogP contribution in [0.1, 0.15) is 6.42 Å². The predicted octanol–water partition coefficient (Wildman–Crippen LogP) is -0.497. The fraction of sp³-hybridized carbons (Fsp3) is 0.375. The lowest BCUT2D eigenvalue weighted by Crippen LogP contribution is -2.41. The lowest BCUT2D eigenvalue weighted by molar-refractivity contribution is -0.120. The van der Waals surface area contributed by atoms with Crippen molar-refractivity contribution >= 4 is 5.91 Å². The van der Waals surface area contributed by atoms with Crippen LogP contribution in [-0.2, 0) is 4.79 Å². The molecule has 3 N–H and O–H groups in total. The lowest BCUT2D eigenvalue weighted by Gasteiger charge is -2.21. The first-order valence-electron chi connectivity index (χ1n) is 3.96. The Hall–Kier alpha value is -1.29. The molecule has 12 heavy (non-hydrogen) atoms. The largest absolute Gasteiger partial charge is 0.368 e. The minimum atomic E-state index is -0.286. The van der Waals surface area contributed by atoms with Crippen LogP contribution in [0.15, 0.2) is 24.4 Å². The van der Waals surface area contributed by atoms with Gasteiger partial charge in [0.1, 0.15) is 6.04 Å². The van der Waals surface area contributed by atoms with E-state index < -0.39 is 0 Å². The van der Waals surface area contributed by atoms with E-state index in [0.29, 0.717) is 0 Å². The van der Waals surface area contributed by atoms with Crippen molar-refractivity contribution in [1.82, 2.24) is 10.4 Å². The number of nitrogens with two attached hydrogens (primary N) is 1. The van der Waals surface area contributed by atoms with E-state index in [1.807, 2.05) is 23.4 Å². The van der Waals surface area contributed by atoms with E-state index in [0.717, 1.165) is 6.42 Å². The summed E-state index contributed by atoms with van der Waals surface area (Å²) >= 11 is 0. The second-order valence-corrected chi connectivity index (χ2v) is 3.02. The van der Waals surface area contributed by atoms with Crippen molar-refractivity contribution in [2.45, 2.75) is 18.5 Å². The van der Waals surface area contributed by atoms with Crippen molar-refractivity contribution < 1.29 is 4.79 Å². The number of nitrogens with one attached hydrogen (secondary N) is 1. The molecule has 0 aliphatic carbocycles. The van der Waals surface area contributed by atoms with Gasteiger partial charge < -0.3 is 10.7 Å². The van der Waals surface area contributed by atoms with Crippen LogP contribution in [0.2, 0.25) is 0 Å². The van der Waals surface area contributed by atoms with E-state index in [9.17, 15) is 4.79 Å². The standard InChI is InChI=1S/C8H11N3O/c9-8(12)7-5-6-3-1-2-4-11(6)10-7/h1-4,6-7,10H,5H2,(H2,9,12). The number of amides is 1. The molecule has 64 valence electrons. The molecule has 2 aliphatic rings. The molecule has 2 rings (SSSR count). The van der Waals surface area contributed by atoms with Crippen molar-refractivity contribution in [3.8, 4) is 0 Å². The fourth-order valence-corrected chi connectivity index (χ4v) is 1.52. The number of carbonyl (C=O) groups is 1. The van der Waals surface area contributed by atoms with Gasteiger partial charge in [-0.2, -0.15) is 0 Å². The van der Waals surface area contributed by atoms with Crippen molar-refractivity contribution in [1.29, 1.82) is 0 Å². The number of carbonyl (C=O) groups excluding carboxylic acids is 1. The van der Waals surface area contributed by atoms with Crippen LogP contribution in [-0.4, -0.2) is 23.0 Å². The van der Waals surface area contributed by atoms with E-state index in [1.165, 1.54) is 0 Å². The molecule has 0 aromatic heterocycles. The first-order valence-corrected chi connectivity index (χ1v) is 3.96. The summed E-state index contributed by atoms with van der Waals surface area (Å²) in [6.07, 6.45) is 8.62. The third kappa shape index (κ3) is 1.10. The zero-order valence-electron chi connectivity index (χ0n) is 6.60. The fourth-order valence-electron chi connectivity index (χ4n) is 1.52. The second kappa shape index (κ2) is 2.64. The van der Waals surface area contributed by atoms with Gasteiger partial charge in [0.2, 0.25) is 5.91 Å². The summed E-state index contributed by atoms with van der Waals surface area (Å²) in [7, 11) is 0. The SMILES string of the molecule is NC(=O)C1CC2C=CC=CN2N1. The molecule has 0 spiro atoms. The molecule has 1 fully saturated rings. The summed E-state index contributed by atoms with van der Waals surface area (Å²) in [6, 6.07) is 0.0647. The van der Waals surface area contributed by atoms with E-state index in [2.05, 4.69) is 11.5 Å². The number of rotatable bonds is 1. The summed E-state index contributed by atoms with van der Waals surface area (Å²) in [6.45, 7) is 0. The summed E-state index contributed by atoms with van der Waals surface area (Å²) in [5.41, 5.74) is 8.19. The maximum Gasteiger partial charge on any atom is 0.236 e. The van der Waals surface area contributed by atoms with Gasteiger partial charge in [-0.3, -0.25) is 4.79 Å². The lowest BCUT2D eigenvalue weighted by atomic mass is 10.1. The molecule has 4 heteroatoms. The van der Waals surface area contributed by atoms with Crippen LogP contribution < -0.4 is 11.2 Å². The molecule has 2 aliphatic heterocycles. The molecule has 0 aromatic carbocycles. The summed E-state index contributed by atoms with van der Waals surface area (Å²) in [5.74, 6) is -0.286. The minimum absolute atomic E-state index is 0.220. The quantitative estimate of drug-likeness (QED) is 0.551. The Kier molecular flexibility index (Phi) is 1.62. The zero-order chi connectivity index (χ0) is 8.55. The Morgan fingerprint density at radius 2 is 2.42 bits per heavy atom. The van der Waals surface area contributed by atoms with Crippen molar-refractivity contribution in [2.75, 3.05) is 0 Å². The third-order valence-electron chi connectivity index (χ3n) is 2.17. The molecule has 0 aromatic rings. The van der Waals surface area contributed by atoms with Gasteiger partial charge >= 0.3 is 0 Å². The van der Waals surface area contributed by atoms with Crippen LogP contribution in [0.4, 0.5) is 0 Å². The third-order valence-corrected chi connectivity index (χ3v) is 2.17. The Bertz CT molecular complexity index is 239. The van der Waals surface area contributed by atoms with Crippen LogP contribution in [0.5, 0.6) is 0 Å².